The molecule has 0 aliphatic heterocycles. The van der Waals surface area contributed by atoms with E-state index < -0.39 is 0 Å². The van der Waals surface area contributed by atoms with Gasteiger partial charge in [0.15, 0.2) is 5.75 Å². The zero-order chi connectivity index (χ0) is 15.6. The molecule has 1 N–H and O–H groups in total. The zero-order valence-corrected chi connectivity index (χ0v) is 14.0. The van der Waals surface area contributed by atoms with Crippen molar-refractivity contribution in [2.24, 2.45) is 7.05 Å². The third-order valence-corrected chi connectivity index (χ3v) is 3.41. The van der Waals surface area contributed by atoms with Crippen LogP contribution >= 0.6 is 12.2 Å². The molecular formula is C17H22N2OS. The van der Waals surface area contributed by atoms with E-state index in [2.05, 4.69) is 68.3 Å². The number of aromatic nitrogens is 1. The van der Waals surface area contributed by atoms with Gasteiger partial charge in [-0.05, 0) is 42.2 Å². The predicted molar refractivity (Wildman–Crippen MR) is 91.6 cm³/mol. The maximum Gasteiger partial charge on any atom is 0.155 e. The van der Waals surface area contributed by atoms with E-state index in [1.54, 1.807) is 6.92 Å². The van der Waals surface area contributed by atoms with E-state index >= 15 is 0 Å². The summed E-state index contributed by atoms with van der Waals surface area (Å²) in [4.78, 5) is 6.12. The highest BCUT2D eigenvalue weighted by atomic mass is 32.1. The van der Waals surface area contributed by atoms with E-state index in [0.29, 0.717) is 4.99 Å². The molecule has 2 aromatic rings. The summed E-state index contributed by atoms with van der Waals surface area (Å²) in [6.07, 6.45) is 2.05. The Balaban J connectivity index is 2.49. The third kappa shape index (κ3) is 3.64. The van der Waals surface area contributed by atoms with E-state index in [1.807, 2.05) is 6.07 Å². The normalized spacial score (nSPS) is 11.3. The van der Waals surface area contributed by atoms with Crippen LogP contribution in [0, 0.1) is 0 Å². The van der Waals surface area contributed by atoms with Crippen LogP contribution in [0.1, 0.15) is 33.3 Å². The van der Waals surface area contributed by atoms with Gasteiger partial charge in [-0.25, -0.2) is 5.48 Å². The largest absolute Gasteiger partial charge is 0.382 e. The van der Waals surface area contributed by atoms with E-state index in [-0.39, 0.29) is 5.41 Å². The van der Waals surface area contributed by atoms with Crippen molar-refractivity contribution in [2.75, 3.05) is 0 Å². The molecule has 0 spiro atoms. The summed E-state index contributed by atoms with van der Waals surface area (Å²) in [5.41, 5.74) is 6.43. The van der Waals surface area contributed by atoms with Gasteiger partial charge >= 0.3 is 0 Å². The second kappa shape index (κ2) is 5.90. The predicted octanol–water partition coefficient (Wildman–Crippen LogP) is 4.22. The molecule has 0 radical (unpaired) electrons. The van der Waals surface area contributed by atoms with Gasteiger partial charge in [0.25, 0.3) is 0 Å². The molecule has 0 atom stereocenters. The van der Waals surface area contributed by atoms with Crippen LogP contribution in [-0.4, -0.2) is 9.56 Å². The van der Waals surface area contributed by atoms with Gasteiger partial charge < -0.3 is 9.40 Å². The number of nitrogens with one attached hydrogen (secondary N) is 1. The molecule has 0 saturated carbocycles. The van der Waals surface area contributed by atoms with Gasteiger partial charge in [-0.3, -0.25) is 0 Å². The zero-order valence-electron chi connectivity index (χ0n) is 13.2. The van der Waals surface area contributed by atoms with E-state index in [9.17, 15) is 0 Å². The SMILES string of the molecule is CC(=S)NOc1ccc(C(C)(C)C)c(-c2cccn2C)c1. The van der Waals surface area contributed by atoms with Crippen molar-refractivity contribution in [3.05, 3.63) is 42.1 Å². The molecule has 0 unspecified atom stereocenters. The molecule has 4 heteroatoms. The lowest BCUT2D eigenvalue weighted by Gasteiger charge is -2.24. The summed E-state index contributed by atoms with van der Waals surface area (Å²) in [6, 6.07) is 10.3. The maximum atomic E-state index is 5.51. The molecule has 21 heavy (non-hydrogen) atoms. The first-order valence-corrected chi connectivity index (χ1v) is 7.39. The molecule has 3 nitrogen and oxygen atoms in total. The van der Waals surface area contributed by atoms with Crippen LogP contribution in [0.3, 0.4) is 0 Å². The quantitative estimate of drug-likeness (QED) is 0.679. The first kappa shape index (κ1) is 15.6. The number of rotatable bonds is 3. The lowest BCUT2D eigenvalue weighted by atomic mass is 9.83. The number of thiocarbonyl (C=S) groups is 1. The molecule has 0 saturated heterocycles. The van der Waals surface area contributed by atoms with Crippen molar-refractivity contribution in [1.29, 1.82) is 0 Å². The summed E-state index contributed by atoms with van der Waals surface area (Å²) in [5.74, 6) is 0.753. The van der Waals surface area contributed by atoms with Crippen molar-refractivity contribution in [3.8, 4) is 17.0 Å². The van der Waals surface area contributed by atoms with Gasteiger partial charge in [0, 0.05) is 24.5 Å². The Morgan fingerprint density at radius 3 is 2.48 bits per heavy atom. The van der Waals surface area contributed by atoms with Gasteiger partial charge in [0.05, 0.1) is 0 Å². The number of benzene rings is 1. The van der Waals surface area contributed by atoms with Crippen molar-refractivity contribution in [2.45, 2.75) is 33.1 Å². The summed E-state index contributed by atoms with van der Waals surface area (Å²) in [7, 11) is 2.05. The van der Waals surface area contributed by atoms with E-state index in [0.717, 1.165) is 5.75 Å². The van der Waals surface area contributed by atoms with Crippen LogP contribution in [0.2, 0.25) is 0 Å². The van der Waals surface area contributed by atoms with Gasteiger partial charge in [-0.15, -0.1) is 0 Å². The average Bonchev–Trinajstić information content (AvgIpc) is 2.81. The Hall–Kier alpha value is -1.81. The number of aryl methyl sites for hydroxylation is 1. The Morgan fingerprint density at radius 1 is 1.24 bits per heavy atom. The van der Waals surface area contributed by atoms with Gasteiger partial charge in [-0.1, -0.05) is 39.1 Å². The van der Waals surface area contributed by atoms with Crippen LogP contribution in [0.5, 0.6) is 5.75 Å². The topological polar surface area (TPSA) is 26.2 Å². The number of hydroxylamine groups is 1. The van der Waals surface area contributed by atoms with E-state index in [4.69, 9.17) is 17.1 Å². The minimum atomic E-state index is 0.0611. The average molecular weight is 302 g/mol. The van der Waals surface area contributed by atoms with E-state index in [1.165, 1.54) is 16.8 Å². The van der Waals surface area contributed by atoms with Gasteiger partial charge in [0.2, 0.25) is 0 Å². The summed E-state index contributed by atoms with van der Waals surface area (Å²) in [5, 5.41) is 0. The Bertz CT molecular complexity index is 653. The highest BCUT2D eigenvalue weighted by Crippen LogP contribution is 2.35. The molecule has 0 fully saturated rings. The highest BCUT2D eigenvalue weighted by Gasteiger charge is 2.20. The molecule has 0 bridgehead atoms. The monoisotopic (exact) mass is 302 g/mol. The van der Waals surface area contributed by atoms with Crippen molar-refractivity contribution in [1.82, 2.24) is 10.0 Å². The second-order valence-corrected chi connectivity index (χ2v) is 6.83. The number of nitrogens with zero attached hydrogens (tertiary/aromatic N) is 1. The van der Waals surface area contributed by atoms with Gasteiger partial charge in [-0.2, -0.15) is 0 Å². The van der Waals surface area contributed by atoms with Crippen molar-refractivity contribution in [3.63, 3.8) is 0 Å². The molecule has 1 aromatic heterocycles. The molecule has 1 heterocycles. The minimum absolute atomic E-state index is 0.0611. The number of hydrogen-bond donors (Lipinski definition) is 1. The summed E-state index contributed by atoms with van der Waals surface area (Å²) < 4.78 is 2.12. The second-order valence-electron chi connectivity index (χ2n) is 6.22. The Kier molecular flexibility index (Phi) is 4.37. The third-order valence-electron chi connectivity index (χ3n) is 3.33. The Morgan fingerprint density at radius 2 is 1.95 bits per heavy atom. The van der Waals surface area contributed by atoms with Crippen LogP contribution in [-0.2, 0) is 12.5 Å². The smallest absolute Gasteiger partial charge is 0.155 e. The molecule has 1 aromatic carbocycles. The lowest BCUT2D eigenvalue weighted by molar-refractivity contribution is 0.264. The molecule has 112 valence electrons. The fourth-order valence-electron chi connectivity index (χ4n) is 2.32. The molecule has 0 amide bonds. The first-order valence-electron chi connectivity index (χ1n) is 6.98. The van der Waals surface area contributed by atoms with Crippen LogP contribution in [0.4, 0.5) is 0 Å². The Labute approximate surface area is 131 Å². The molecule has 2 rings (SSSR count). The highest BCUT2D eigenvalue weighted by molar-refractivity contribution is 7.80. The van der Waals surface area contributed by atoms with Crippen LogP contribution in [0.25, 0.3) is 11.3 Å². The molecule has 0 aliphatic carbocycles. The standard InChI is InChI=1S/C17H22N2OS/c1-12(21)18-20-13-8-9-15(17(2,3)4)14(11-13)16-7-6-10-19(16)5/h6-11H,1-5H3,(H,18,21). The summed E-state index contributed by atoms with van der Waals surface area (Å²) >= 11 is 4.97. The van der Waals surface area contributed by atoms with Crippen LogP contribution < -0.4 is 10.3 Å². The fourth-order valence-corrected chi connectivity index (χ4v) is 2.37. The summed E-state index contributed by atoms with van der Waals surface area (Å²) in [6.45, 7) is 8.44. The molecule has 0 aliphatic rings. The van der Waals surface area contributed by atoms with Gasteiger partial charge in [0.1, 0.15) is 4.99 Å². The lowest BCUT2D eigenvalue weighted by Crippen LogP contribution is -2.22. The fraction of sp³-hybridized carbons (Fsp3) is 0.353. The maximum absolute atomic E-state index is 5.51. The number of hydrogen-bond acceptors (Lipinski definition) is 2. The first-order chi connectivity index (χ1) is 9.79. The molecular weight excluding hydrogens is 280 g/mol. The van der Waals surface area contributed by atoms with Crippen LogP contribution in [0.15, 0.2) is 36.5 Å². The minimum Gasteiger partial charge on any atom is -0.382 e. The van der Waals surface area contributed by atoms with Crippen molar-refractivity contribution < 1.29 is 4.84 Å². The van der Waals surface area contributed by atoms with Crippen molar-refractivity contribution >= 4 is 17.2 Å².